The molecule has 2 aromatic heterocycles. The van der Waals surface area contributed by atoms with Gasteiger partial charge in [0.15, 0.2) is 0 Å². The summed E-state index contributed by atoms with van der Waals surface area (Å²) < 4.78 is 11.7. The summed E-state index contributed by atoms with van der Waals surface area (Å²) >= 11 is 1.61. The zero-order valence-electron chi connectivity index (χ0n) is 14.7. The third-order valence-electron chi connectivity index (χ3n) is 4.36. The molecule has 1 N–H and O–H groups in total. The lowest BCUT2D eigenvalue weighted by Crippen LogP contribution is -2.25. The van der Waals surface area contributed by atoms with Crippen LogP contribution in [-0.4, -0.2) is 16.9 Å². The number of nitrogens with zero attached hydrogens (tertiary/aromatic N) is 1. The molecule has 6 heteroatoms. The van der Waals surface area contributed by atoms with Crippen LogP contribution in [0.1, 0.15) is 40.2 Å². The monoisotopic (exact) mass is 368 g/mol. The Bertz CT molecular complexity index is 940. The minimum atomic E-state index is -0.0881. The molecule has 0 bridgehead atoms. The number of benzene rings is 1. The Hall–Kier alpha value is -2.60. The minimum Gasteiger partial charge on any atom is -0.486 e. The Balaban J connectivity index is 1.50. The summed E-state index contributed by atoms with van der Waals surface area (Å²) in [6.45, 7) is 4.17. The van der Waals surface area contributed by atoms with Gasteiger partial charge in [-0.3, -0.25) is 4.79 Å². The Morgan fingerprint density at radius 3 is 2.85 bits per heavy atom. The van der Waals surface area contributed by atoms with Crippen molar-refractivity contribution < 1.29 is 13.9 Å². The van der Waals surface area contributed by atoms with Crippen LogP contribution in [0, 0.1) is 13.8 Å². The summed E-state index contributed by atoms with van der Waals surface area (Å²) in [5, 5.41) is 5.02. The van der Waals surface area contributed by atoms with Crippen molar-refractivity contribution in [3.63, 3.8) is 0 Å². The van der Waals surface area contributed by atoms with Gasteiger partial charge in [0.2, 0.25) is 5.89 Å². The fraction of sp³-hybridized carbons (Fsp3) is 0.300. The van der Waals surface area contributed by atoms with Crippen molar-refractivity contribution in [1.29, 1.82) is 0 Å². The lowest BCUT2D eigenvalue weighted by atomic mass is 10.2. The van der Waals surface area contributed by atoms with E-state index in [9.17, 15) is 4.79 Å². The van der Waals surface area contributed by atoms with Crippen LogP contribution in [0.25, 0.3) is 10.8 Å². The number of rotatable bonds is 6. The van der Waals surface area contributed by atoms with E-state index in [1.54, 1.807) is 17.4 Å². The number of hydrogen-bond acceptors (Lipinski definition) is 5. The molecular weight excluding hydrogens is 348 g/mol. The standard InChI is InChI=1S/C20H20N2O3S/c1-12-9-10-26-18(12)20-22-16(13(2)25-20)11-24-17-6-4-3-5-15(17)19(23)21-14-7-8-14/h3-6,9-10,14H,7-8,11H2,1-2H3,(H,21,23). The molecule has 2 heterocycles. The van der Waals surface area contributed by atoms with Crippen LogP contribution < -0.4 is 10.1 Å². The van der Waals surface area contributed by atoms with Gasteiger partial charge >= 0.3 is 0 Å². The maximum absolute atomic E-state index is 12.4. The first kappa shape index (κ1) is 16.8. The second kappa shape index (κ2) is 6.96. The Morgan fingerprint density at radius 1 is 1.31 bits per heavy atom. The van der Waals surface area contributed by atoms with Gasteiger partial charge in [0.1, 0.15) is 23.8 Å². The number of aromatic nitrogens is 1. The number of aryl methyl sites for hydroxylation is 2. The van der Waals surface area contributed by atoms with Gasteiger partial charge in [0, 0.05) is 6.04 Å². The number of oxazole rings is 1. The second-order valence-corrected chi connectivity index (χ2v) is 7.40. The van der Waals surface area contributed by atoms with E-state index >= 15 is 0 Å². The topological polar surface area (TPSA) is 64.4 Å². The zero-order valence-corrected chi connectivity index (χ0v) is 15.6. The highest BCUT2D eigenvalue weighted by molar-refractivity contribution is 7.13. The predicted molar refractivity (Wildman–Crippen MR) is 101 cm³/mol. The maximum Gasteiger partial charge on any atom is 0.255 e. The molecule has 4 rings (SSSR count). The van der Waals surface area contributed by atoms with E-state index in [0.717, 1.165) is 34.7 Å². The van der Waals surface area contributed by atoms with Crippen LogP contribution in [0.15, 0.2) is 40.1 Å². The first-order valence-corrected chi connectivity index (χ1v) is 9.53. The van der Waals surface area contributed by atoms with Gasteiger partial charge in [0.25, 0.3) is 5.91 Å². The van der Waals surface area contributed by atoms with Crippen molar-refractivity contribution in [2.24, 2.45) is 0 Å². The Morgan fingerprint density at radius 2 is 2.12 bits per heavy atom. The van der Waals surface area contributed by atoms with E-state index in [1.807, 2.05) is 43.5 Å². The van der Waals surface area contributed by atoms with Gasteiger partial charge < -0.3 is 14.5 Å². The summed E-state index contributed by atoms with van der Waals surface area (Å²) in [5.41, 5.74) is 2.44. The molecule has 1 saturated carbocycles. The van der Waals surface area contributed by atoms with Crippen molar-refractivity contribution >= 4 is 17.2 Å². The van der Waals surface area contributed by atoms with Crippen LogP contribution >= 0.6 is 11.3 Å². The van der Waals surface area contributed by atoms with Crippen molar-refractivity contribution in [3.05, 3.63) is 58.3 Å². The van der Waals surface area contributed by atoms with Crippen molar-refractivity contribution in [2.45, 2.75) is 39.3 Å². The van der Waals surface area contributed by atoms with E-state index in [1.165, 1.54) is 0 Å². The molecule has 3 aromatic rings. The van der Waals surface area contributed by atoms with E-state index in [0.29, 0.717) is 23.2 Å². The molecule has 5 nitrogen and oxygen atoms in total. The number of para-hydroxylation sites is 1. The largest absolute Gasteiger partial charge is 0.486 e. The number of amides is 1. The number of carbonyl (C=O) groups excluding carboxylic acids is 1. The Labute approximate surface area is 156 Å². The summed E-state index contributed by atoms with van der Waals surface area (Å²) in [6, 6.07) is 9.65. The van der Waals surface area contributed by atoms with Gasteiger partial charge in [-0.05, 0) is 55.8 Å². The normalized spacial score (nSPS) is 13.6. The highest BCUT2D eigenvalue weighted by atomic mass is 32.1. The second-order valence-electron chi connectivity index (χ2n) is 6.49. The first-order valence-electron chi connectivity index (χ1n) is 8.65. The summed E-state index contributed by atoms with van der Waals surface area (Å²) in [6.07, 6.45) is 2.11. The van der Waals surface area contributed by atoms with Crippen molar-refractivity contribution in [3.8, 4) is 16.5 Å². The van der Waals surface area contributed by atoms with Gasteiger partial charge in [0.05, 0.1) is 10.4 Å². The molecule has 1 fully saturated rings. The van der Waals surface area contributed by atoms with E-state index < -0.39 is 0 Å². The summed E-state index contributed by atoms with van der Waals surface area (Å²) in [4.78, 5) is 18.0. The molecule has 1 aliphatic rings. The fourth-order valence-corrected chi connectivity index (χ4v) is 3.52. The Kier molecular flexibility index (Phi) is 4.51. The molecule has 1 aliphatic carbocycles. The predicted octanol–water partition coefficient (Wildman–Crippen LogP) is 4.49. The van der Waals surface area contributed by atoms with Gasteiger partial charge in [-0.2, -0.15) is 0 Å². The highest BCUT2D eigenvalue weighted by Crippen LogP contribution is 2.30. The average molecular weight is 368 g/mol. The number of ether oxygens (including phenoxy) is 1. The van der Waals surface area contributed by atoms with E-state index in [4.69, 9.17) is 9.15 Å². The minimum absolute atomic E-state index is 0.0881. The van der Waals surface area contributed by atoms with Gasteiger partial charge in [-0.15, -0.1) is 11.3 Å². The van der Waals surface area contributed by atoms with Crippen LogP contribution in [0.3, 0.4) is 0 Å². The van der Waals surface area contributed by atoms with E-state index in [-0.39, 0.29) is 12.5 Å². The molecule has 134 valence electrons. The molecule has 1 aromatic carbocycles. The zero-order chi connectivity index (χ0) is 18.1. The number of nitrogens with one attached hydrogen (secondary N) is 1. The molecule has 0 unspecified atom stereocenters. The summed E-state index contributed by atoms with van der Waals surface area (Å²) in [7, 11) is 0. The molecule has 1 amide bonds. The SMILES string of the molecule is Cc1ccsc1-c1nc(COc2ccccc2C(=O)NC2CC2)c(C)o1. The molecular formula is C20H20N2O3S. The van der Waals surface area contributed by atoms with Crippen LogP contribution in [0.2, 0.25) is 0 Å². The highest BCUT2D eigenvalue weighted by Gasteiger charge is 2.25. The lowest BCUT2D eigenvalue weighted by Gasteiger charge is -2.10. The van der Waals surface area contributed by atoms with Gasteiger partial charge in [-0.1, -0.05) is 12.1 Å². The molecule has 26 heavy (non-hydrogen) atoms. The van der Waals surface area contributed by atoms with Crippen molar-refractivity contribution in [1.82, 2.24) is 10.3 Å². The lowest BCUT2D eigenvalue weighted by molar-refractivity contribution is 0.0946. The maximum atomic E-state index is 12.4. The van der Waals surface area contributed by atoms with Crippen molar-refractivity contribution in [2.75, 3.05) is 0 Å². The first-order chi connectivity index (χ1) is 12.6. The quantitative estimate of drug-likeness (QED) is 0.696. The molecule has 0 atom stereocenters. The smallest absolute Gasteiger partial charge is 0.255 e. The van der Waals surface area contributed by atoms with Crippen LogP contribution in [0.5, 0.6) is 5.75 Å². The van der Waals surface area contributed by atoms with Crippen LogP contribution in [-0.2, 0) is 6.61 Å². The van der Waals surface area contributed by atoms with Crippen LogP contribution in [0.4, 0.5) is 0 Å². The molecule has 0 aliphatic heterocycles. The molecule has 0 spiro atoms. The number of thiophene rings is 1. The number of carbonyl (C=O) groups is 1. The molecule has 0 radical (unpaired) electrons. The number of hydrogen-bond donors (Lipinski definition) is 1. The van der Waals surface area contributed by atoms with Gasteiger partial charge in [-0.25, -0.2) is 4.98 Å². The summed E-state index contributed by atoms with van der Waals surface area (Å²) in [5.74, 6) is 1.82. The fourth-order valence-electron chi connectivity index (χ4n) is 2.67. The third-order valence-corrected chi connectivity index (χ3v) is 5.36. The molecule has 0 saturated heterocycles. The van der Waals surface area contributed by atoms with E-state index in [2.05, 4.69) is 10.3 Å². The average Bonchev–Trinajstić information content (AvgIpc) is 3.22. The third kappa shape index (κ3) is 3.51.